The fourth-order valence-electron chi connectivity index (χ4n) is 2.35. The third-order valence-electron chi connectivity index (χ3n) is 3.49. The quantitative estimate of drug-likeness (QED) is 0.636. The second-order valence-corrected chi connectivity index (χ2v) is 5.13. The number of rotatable bonds is 6. The number of hydrogen-bond acceptors (Lipinski definition) is 4. The molecule has 6 heteroatoms. The first-order valence-corrected chi connectivity index (χ1v) is 7.38. The predicted molar refractivity (Wildman–Crippen MR) is 84.4 cm³/mol. The van der Waals surface area contributed by atoms with Crippen molar-refractivity contribution in [3.05, 3.63) is 46.2 Å². The average Bonchev–Trinajstić information content (AvgIpc) is 2.92. The summed E-state index contributed by atoms with van der Waals surface area (Å²) < 4.78 is 7.24. The molecule has 1 atom stereocenters. The summed E-state index contributed by atoms with van der Waals surface area (Å²) in [7, 11) is 1.60. The van der Waals surface area contributed by atoms with E-state index in [1.807, 2.05) is 22.9 Å². The molecule has 5 nitrogen and oxygen atoms in total. The molecule has 0 aliphatic heterocycles. The highest BCUT2D eigenvalue weighted by Gasteiger charge is 2.19. The third kappa shape index (κ3) is 3.20. The van der Waals surface area contributed by atoms with Crippen LogP contribution in [0.2, 0.25) is 5.02 Å². The van der Waals surface area contributed by atoms with E-state index in [1.54, 1.807) is 7.11 Å². The van der Waals surface area contributed by atoms with Gasteiger partial charge in [0.25, 0.3) is 0 Å². The van der Waals surface area contributed by atoms with E-state index in [9.17, 15) is 0 Å². The summed E-state index contributed by atoms with van der Waals surface area (Å²) in [5.74, 6) is 6.41. The van der Waals surface area contributed by atoms with Crippen molar-refractivity contribution >= 4 is 11.6 Å². The van der Waals surface area contributed by atoms with Gasteiger partial charge in [-0.1, -0.05) is 24.6 Å². The number of halogens is 1. The van der Waals surface area contributed by atoms with Crippen molar-refractivity contribution in [3.8, 4) is 5.75 Å². The van der Waals surface area contributed by atoms with Crippen LogP contribution in [0.1, 0.15) is 36.8 Å². The van der Waals surface area contributed by atoms with Gasteiger partial charge in [0, 0.05) is 6.54 Å². The Kier molecular flexibility index (Phi) is 5.22. The molecule has 114 valence electrons. The molecule has 2 aromatic rings. The van der Waals surface area contributed by atoms with E-state index in [4.69, 9.17) is 22.2 Å². The lowest BCUT2D eigenvalue weighted by Crippen LogP contribution is -2.30. The number of hydrazine groups is 1. The largest absolute Gasteiger partial charge is 0.495 e. The Hall–Kier alpha value is -1.56. The van der Waals surface area contributed by atoms with Crippen LogP contribution >= 0.6 is 11.6 Å². The Morgan fingerprint density at radius 2 is 2.14 bits per heavy atom. The highest BCUT2D eigenvalue weighted by atomic mass is 35.5. The maximum absolute atomic E-state index is 6.08. The van der Waals surface area contributed by atoms with Crippen LogP contribution in [0.4, 0.5) is 0 Å². The van der Waals surface area contributed by atoms with Gasteiger partial charge in [0.15, 0.2) is 0 Å². The molecule has 0 fully saturated rings. The zero-order chi connectivity index (χ0) is 15.4. The van der Waals surface area contributed by atoms with Gasteiger partial charge in [-0.15, -0.1) is 0 Å². The second-order valence-electron chi connectivity index (χ2n) is 4.72. The van der Waals surface area contributed by atoms with Gasteiger partial charge < -0.3 is 4.74 Å². The normalized spacial score (nSPS) is 12.4. The van der Waals surface area contributed by atoms with Gasteiger partial charge in [-0.05, 0) is 37.1 Å². The van der Waals surface area contributed by atoms with Crippen molar-refractivity contribution < 1.29 is 4.74 Å². The van der Waals surface area contributed by atoms with Crippen LogP contribution in [-0.2, 0) is 13.0 Å². The molecular formula is C15H21ClN4O. The van der Waals surface area contributed by atoms with Gasteiger partial charge in [-0.25, -0.2) is 5.43 Å². The van der Waals surface area contributed by atoms with Crippen LogP contribution in [0, 0.1) is 0 Å². The van der Waals surface area contributed by atoms with Crippen LogP contribution in [0.5, 0.6) is 5.75 Å². The molecule has 1 unspecified atom stereocenters. The molecule has 0 aliphatic carbocycles. The van der Waals surface area contributed by atoms with Crippen LogP contribution in [-0.4, -0.2) is 16.9 Å². The maximum Gasteiger partial charge on any atom is 0.137 e. The van der Waals surface area contributed by atoms with Crippen molar-refractivity contribution in [1.82, 2.24) is 15.2 Å². The maximum atomic E-state index is 6.08. The minimum atomic E-state index is -0.163. The van der Waals surface area contributed by atoms with E-state index in [2.05, 4.69) is 30.4 Å². The first kappa shape index (κ1) is 15.8. The van der Waals surface area contributed by atoms with Gasteiger partial charge in [-0.2, -0.15) is 5.10 Å². The number of ether oxygens (including phenoxy) is 1. The van der Waals surface area contributed by atoms with Gasteiger partial charge >= 0.3 is 0 Å². The predicted octanol–water partition coefficient (Wildman–Crippen LogP) is 2.68. The number of nitrogens with one attached hydrogen (secondary N) is 1. The summed E-state index contributed by atoms with van der Waals surface area (Å²) in [5, 5.41) is 5.14. The fraction of sp³-hybridized carbons (Fsp3) is 0.400. The average molecular weight is 309 g/mol. The Bertz CT molecular complexity index is 612. The summed E-state index contributed by atoms with van der Waals surface area (Å²) in [6.45, 7) is 4.94. The fourth-order valence-corrected chi connectivity index (χ4v) is 2.55. The summed E-state index contributed by atoms with van der Waals surface area (Å²) in [6, 6.07) is 7.56. The summed E-state index contributed by atoms with van der Waals surface area (Å²) >= 11 is 6.08. The molecule has 0 saturated heterocycles. The van der Waals surface area contributed by atoms with Crippen LogP contribution in [0.15, 0.2) is 24.3 Å². The van der Waals surface area contributed by atoms with E-state index in [0.717, 1.165) is 29.9 Å². The number of nitrogens with two attached hydrogens (primary N) is 1. The molecule has 0 saturated carbocycles. The molecule has 1 aromatic carbocycles. The third-order valence-corrected chi connectivity index (χ3v) is 3.81. The molecule has 0 amide bonds. The molecule has 1 heterocycles. The first-order chi connectivity index (χ1) is 10.1. The number of methoxy groups -OCH3 is 1. The lowest BCUT2D eigenvalue weighted by atomic mass is 10.0. The monoisotopic (exact) mass is 308 g/mol. The zero-order valence-electron chi connectivity index (χ0n) is 12.6. The van der Waals surface area contributed by atoms with Crippen molar-refractivity contribution in [3.63, 3.8) is 0 Å². The lowest BCUT2D eigenvalue weighted by Gasteiger charge is -2.18. The van der Waals surface area contributed by atoms with E-state index >= 15 is 0 Å². The Morgan fingerprint density at radius 3 is 2.71 bits per heavy atom. The van der Waals surface area contributed by atoms with Gasteiger partial charge in [0.1, 0.15) is 5.75 Å². The highest BCUT2D eigenvalue weighted by molar-refractivity contribution is 6.32. The standard InChI is InChI=1S/C15H21ClN4O/c1-4-11-9-13(20(5-2)19-11)15(18-17)10-6-7-12(16)14(8-10)21-3/h6-9,15,18H,4-5,17H2,1-3H3. The second kappa shape index (κ2) is 6.93. The number of aryl methyl sites for hydroxylation is 2. The first-order valence-electron chi connectivity index (χ1n) is 7.00. The summed E-state index contributed by atoms with van der Waals surface area (Å²) in [4.78, 5) is 0. The molecule has 0 aliphatic rings. The van der Waals surface area contributed by atoms with Crippen molar-refractivity contribution in [2.45, 2.75) is 32.9 Å². The smallest absolute Gasteiger partial charge is 0.137 e. The lowest BCUT2D eigenvalue weighted by molar-refractivity contribution is 0.413. The summed E-state index contributed by atoms with van der Waals surface area (Å²) in [6.07, 6.45) is 0.890. The SMILES string of the molecule is CCc1cc(C(NN)c2ccc(Cl)c(OC)c2)n(CC)n1. The van der Waals surface area contributed by atoms with Gasteiger partial charge in [0.05, 0.1) is 29.6 Å². The molecule has 2 rings (SSSR count). The van der Waals surface area contributed by atoms with Crippen molar-refractivity contribution in [2.24, 2.45) is 5.84 Å². The number of nitrogens with zero attached hydrogens (tertiary/aromatic N) is 2. The van der Waals surface area contributed by atoms with Crippen LogP contribution in [0.25, 0.3) is 0 Å². The Labute approximate surface area is 130 Å². The minimum Gasteiger partial charge on any atom is -0.495 e. The Morgan fingerprint density at radius 1 is 1.38 bits per heavy atom. The molecule has 1 aromatic heterocycles. The van der Waals surface area contributed by atoms with Gasteiger partial charge in [0.2, 0.25) is 0 Å². The summed E-state index contributed by atoms with van der Waals surface area (Å²) in [5.41, 5.74) is 5.92. The molecule has 0 bridgehead atoms. The van der Waals surface area contributed by atoms with E-state index in [1.165, 1.54) is 0 Å². The molecular weight excluding hydrogens is 288 g/mol. The number of benzene rings is 1. The van der Waals surface area contributed by atoms with Crippen LogP contribution < -0.4 is 16.0 Å². The topological polar surface area (TPSA) is 65.1 Å². The minimum absolute atomic E-state index is 0.163. The molecule has 0 spiro atoms. The molecule has 21 heavy (non-hydrogen) atoms. The Balaban J connectivity index is 2.46. The molecule has 0 radical (unpaired) electrons. The van der Waals surface area contributed by atoms with Crippen molar-refractivity contribution in [1.29, 1.82) is 0 Å². The number of aromatic nitrogens is 2. The van der Waals surface area contributed by atoms with Crippen molar-refractivity contribution in [2.75, 3.05) is 7.11 Å². The highest BCUT2D eigenvalue weighted by Crippen LogP contribution is 2.30. The van der Waals surface area contributed by atoms with Crippen LogP contribution in [0.3, 0.4) is 0 Å². The van der Waals surface area contributed by atoms with Gasteiger partial charge in [-0.3, -0.25) is 10.5 Å². The van der Waals surface area contributed by atoms with E-state index in [0.29, 0.717) is 10.8 Å². The van der Waals surface area contributed by atoms with E-state index < -0.39 is 0 Å². The van der Waals surface area contributed by atoms with E-state index in [-0.39, 0.29) is 6.04 Å². The molecule has 3 N–H and O–H groups in total. The zero-order valence-corrected chi connectivity index (χ0v) is 13.3. The number of hydrogen-bond donors (Lipinski definition) is 2.